The molecule has 0 saturated carbocycles. The molecule has 0 spiro atoms. The van der Waals surface area contributed by atoms with Gasteiger partial charge in [-0.15, -0.1) is 11.3 Å². The summed E-state index contributed by atoms with van der Waals surface area (Å²) in [5.74, 6) is 0.229. The van der Waals surface area contributed by atoms with Gasteiger partial charge in [0.05, 0.1) is 6.04 Å². The highest BCUT2D eigenvalue weighted by Gasteiger charge is 2.32. The van der Waals surface area contributed by atoms with E-state index in [9.17, 15) is 9.59 Å². The first-order chi connectivity index (χ1) is 16.6. The van der Waals surface area contributed by atoms with Crippen LogP contribution in [0.2, 0.25) is 0 Å². The molecule has 1 aromatic heterocycles. The number of fused-ring (bicyclic) bond motifs is 1. The average Bonchev–Trinajstić information content (AvgIpc) is 3.36. The summed E-state index contributed by atoms with van der Waals surface area (Å²) < 4.78 is 0. The van der Waals surface area contributed by atoms with Gasteiger partial charge in [-0.2, -0.15) is 0 Å². The lowest BCUT2D eigenvalue weighted by molar-refractivity contribution is -0.134. The Balaban J connectivity index is 1.21. The molecule has 3 heterocycles. The highest BCUT2D eigenvalue weighted by Crippen LogP contribution is 2.37. The van der Waals surface area contributed by atoms with Gasteiger partial charge in [-0.25, -0.2) is 0 Å². The smallest absolute Gasteiger partial charge is 0.254 e. The van der Waals surface area contributed by atoms with Crippen LogP contribution in [-0.2, 0) is 11.2 Å². The van der Waals surface area contributed by atoms with Crippen molar-refractivity contribution in [1.82, 2.24) is 14.7 Å². The number of carbonyl (C=O) groups is 2. The van der Waals surface area contributed by atoms with Gasteiger partial charge in [-0.3, -0.25) is 14.5 Å². The SMILES string of the molecule is CC1CN(C(=O)CCN2CCc3sccc3C2c2ccccc2)CCN1C(=O)c1ccccc1. The summed E-state index contributed by atoms with van der Waals surface area (Å²) in [5.41, 5.74) is 3.38. The van der Waals surface area contributed by atoms with Crippen molar-refractivity contribution in [2.24, 2.45) is 0 Å². The summed E-state index contributed by atoms with van der Waals surface area (Å²) >= 11 is 1.84. The van der Waals surface area contributed by atoms with Gasteiger partial charge in [0.2, 0.25) is 5.91 Å². The molecule has 3 aromatic rings. The molecule has 6 heteroatoms. The molecule has 176 valence electrons. The Morgan fingerprint density at radius 2 is 1.68 bits per heavy atom. The Bertz CT molecular complexity index is 1130. The van der Waals surface area contributed by atoms with Crippen molar-refractivity contribution in [2.75, 3.05) is 32.7 Å². The van der Waals surface area contributed by atoms with E-state index in [-0.39, 0.29) is 23.9 Å². The Kier molecular flexibility index (Phi) is 6.79. The summed E-state index contributed by atoms with van der Waals surface area (Å²) in [6, 6.07) is 22.5. The molecular formula is C28H31N3O2S. The Hall–Kier alpha value is -2.96. The zero-order valence-electron chi connectivity index (χ0n) is 19.6. The zero-order valence-corrected chi connectivity index (χ0v) is 20.4. The largest absolute Gasteiger partial charge is 0.339 e. The minimum atomic E-state index is 0.00539. The number of amides is 2. The molecule has 1 fully saturated rings. The third-order valence-corrected chi connectivity index (χ3v) is 8.05. The van der Waals surface area contributed by atoms with Crippen molar-refractivity contribution in [3.8, 4) is 0 Å². The minimum absolute atomic E-state index is 0.00539. The minimum Gasteiger partial charge on any atom is -0.339 e. The van der Waals surface area contributed by atoms with Gasteiger partial charge in [0.25, 0.3) is 5.91 Å². The molecular weight excluding hydrogens is 442 g/mol. The molecule has 2 amide bonds. The van der Waals surface area contributed by atoms with E-state index in [0.717, 1.165) is 19.5 Å². The normalized spacial score (nSPS) is 20.7. The van der Waals surface area contributed by atoms with Crippen LogP contribution in [0.5, 0.6) is 0 Å². The Morgan fingerprint density at radius 1 is 0.941 bits per heavy atom. The molecule has 34 heavy (non-hydrogen) atoms. The Labute approximate surface area is 205 Å². The predicted octanol–water partition coefficient (Wildman–Crippen LogP) is 4.46. The highest BCUT2D eigenvalue weighted by atomic mass is 32.1. The Morgan fingerprint density at radius 3 is 2.41 bits per heavy atom. The maximum atomic E-state index is 13.2. The average molecular weight is 474 g/mol. The summed E-state index contributed by atoms with van der Waals surface area (Å²) in [6.45, 7) is 5.51. The number of hydrogen-bond donors (Lipinski definition) is 0. The van der Waals surface area contributed by atoms with Gasteiger partial charge in [-0.1, -0.05) is 48.5 Å². The molecule has 2 aliphatic rings. The van der Waals surface area contributed by atoms with Crippen molar-refractivity contribution in [3.05, 3.63) is 93.7 Å². The molecule has 5 rings (SSSR count). The maximum Gasteiger partial charge on any atom is 0.254 e. The van der Waals surface area contributed by atoms with Gasteiger partial charge < -0.3 is 9.80 Å². The van der Waals surface area contributed by atoms with Crippen LogP contribution in [-0.4, -0.2) is 65.3 Å². The van der Waals surface area contributed by atoms with Crippen LogP contribution in [0.4, 0.5) is 0 Å². The fourth-order valence-corrected chi connectivity index (χ4v) is 6.17. The first-order valence-electron chi connectivity index (χ1n) is 12.1. The number of nitrogens with zero attached hydrogens (tertiary/aromatic N) is 3. The summed E-state index contributed by atoms with van der Waals surface area (Å²) in [7, 11) is 0. The lowest BCUT2D eigenvalue weighted by Gasteiger charge is -2.41. The lowest BCUT2D eigenvalue weighted by atomic mass is 9.93. The summed E-state index contributed by atoms with van der Waals surface area (Å²) in [4.78, 5) is 33.8. The first-order valence-corrected chi connectivity index (χ1v) is 13.0. The van der Waals surface area contributed by atoms with E-state index in [1.54, 1.807) is 0 Å². The van der Waals surface area contributed by atoms with Crippen LogP contribution in [0.25, 0.3) is 0 Å². The van der Waals surface area contributed by atoms with Gasteiger partial charge in [0.1, 0.15) is 0 Å². The number of carbonyl (C=O) groups excluding carboxylic acids is 2. The van der Waals surface area contributed by atoms with Gasteiger partial charge in [-0.05, 0) is 48.1 Å². The van der Waals surface area contributed by atoms with Crippen LogP contribution >= 0.6 is 11.3 Å². The molecule has 0 radical (unpaired) electrons. The molecule has 5 nitrogen and oxygen atoms in total. The van der Waals surface area contributed by atoms with Crippen molar-refractivity contribution < 1.29 is 9.59 Å². The summed E-state index contributed by atoms with van der Waals surface area (Å²) in [6.07, 6.45) is 1.55. The molecule has 1 saturated heterocycles. The first kappa shape index (κ1) is 22.8. The second-order valence-electron chi connectivity index (χ2n) is 9.20. The molecule has 0 bridgehead atoms. The van der Waals surface area contributed by atoms with E-state index in [0.29, 0.717) is 31.6 Å². The number of piperazine rings is 1. The molecule has 0 aliphatic carbocycles. The third-order valence-electron chi connectivity index (χ3n) is 7.06. The van der Waals surface area contributed by atoms with Gasteiger partial charge >= 0.3 is 0 Å². The van der Waals surface area contributed by atoms with Crippen LogP contribution < -0.4 is 0 Å². The van der Waals surface area contributed by atoms with E-state index in [4.69, 9.17) is 0 Å². The van der Waals surface area contributed by atoms with E-state index in [1.165, 1.54) is 16.0 Å². The van der Waals surface area contributed by atoms with Crippen molar-refractivity contribution in [2.45, 2.75) is 31.8 Å². The van der Waals surface area contributed by atoms with Crippen LogP contribution in [0.1, 0.15) is 45.7 Å². The number of rotatable bonds is 5. The highest BCUT2D eigenvalue weighted by molar-refractivity contribution is 7.10. The standard InChI is InChI=1S/C28H31N3O2S/c1-21-20-30(17-18-31(21)28(33)23-10-6-3-7-11-23)26(32)13-16-29-15-12-25-24(14-19-34-25)27(29)22-8-4-2-5-9-22/h2-11,14,19,21,27H,12-13,15-18,20H2,1H3. The van der Waals surface area contributed by atoms with E-state index < -0.39 is 0 Å². The molecule has 2 aromatic carbocycles. The maximum absolute atomic E-state index is 13.2. The molecule has 2 aliphatic heterocycles. The molecule has 2 atom stereocenters. The van der Waals surface area contributed by atoms with Gasteiger partial charge in [0.15, 0.2) is 0 Å². The second-order valence-corrected chi connectivity index (χ2v) is 10.2. The zero-order chi connectivity index (χ0) is 23.5. The molecule has 2 unspecified atom stereocenters. The number of thiophene rings is 1. The van der Waals surface area contributed by atoms with Gasteiger partial charge in [0, 0.05) is 55.6 Å². The number of benzene rings is 2. The molecule has 0 N–H and O–H groups in total. The summed E-state index contributed by atoms with van der Waals surface area (Å²) in [5, 5.41) is 2.19. The van der Waals surface area contributed by atoms with Crippen LogP contribution in [0.15, 0.2) is 72.1 Å². The fraction of sp³-hybridized carbons (Fsp3) is 0.357. The van der Waals surface area contributed by atoms with Crippen LogP contribution in [0.3, 0.4) is 0 Å². The predicted molar refractivity (Wildman–Crippen MR) is 136 cm³/mol. The van der Waals surface area contributed by atoms with Crippen LogP contribution in [0, 0.1) is 0 Å². The van der Waals surface area contributed by atoms with E-state index in [1.807, 2.05) is 58.4 Å². The van der Waals surface area contributed by atoms with Crippen molar-refractivity contribution in [1.29, 1.82) is 0 Å². The fourth-order valence-electron chi connectivity index (χ4n) is 5.26. The number of hydrogen-bond acceptors (Lipinski definition) is 4. The van der Waals surface area contributed by atoms with E-state index in [2.05, 4.69) is 46.7 Å². The van der Waals surface area contributed by atoms with Crippen molar-refractivity contribution in [3.63, 3.8) is 0 Å². The monoisotopic (exact) mass is 473 g/mol. The lowest BCUT2D eigenvalue weighted by Crippen LogP contribution is -2.55. The van der Waals surface area contributed by atoms with E-state index >= 15 is 0 Å². The second kappa shape index (κ2) is 10.1. The third kappa shape index (κ3) is 4.65. The van der Waals surface area contributed by atoms with Crippen molar-refractivity contribution >= 4 is 23.2 Å². The quantitative estimate of drug-likeness (QED) is 0.550. The topological polar surface area (TPSA) is 43.9 Å².